The molecule has 0 saturated heterocycles. The van der Waals surface area contributed by atoms with Crippen LogP contribution in [0.15, 0.2) is 16.6 Å². The molecule has 1 N–H and O–H groups in total. The summed E-state index contributed by atoms with van der Waals surface area (Å²) in [6, 6.07) is 2.68. The summed E-state index contributed by atoms with van der Waals surface area (Å²) in [7, 11) is 3.35. The van der Waals surface area contributed by atoms with Gasteiger partial charge >= 0.3 is 0 Å². The van der Waals surface area contributed by atoms with Crippen LogP contribution in [-0.4, -0.2) is 35.9 Å². The number of nitro benzene ring substituents is 1. The first-order chi connectivity index (χ1) is 8.73. The van der Waals surface area contributed by atoms with Gasteiger partial charge < -0.3 is 10.2 Å². The van der Waals surface area contributed by atoms with Gasteiger partial charge in [0.1, 0.15) is 6.04 Å². The molecule has 0 aromatic heterocycles. The van der Waals surface area contributed by atoms with Crippen molar-refractivity contribution in [2.24, 2.45) is 0 Å². The predicted molar refractivity (Wildman–Crippen MR) is 77.3 cm³/mol. The molecule has 1 amide bonds. The molecule has 19 heavy (non-hydrogen) atoms. The molecule has 1 unspecified atom stereocenters. The fourth-order valence-electron chi connectivity index (χ4n) is 1.66. The Balaban J connectivity index is 3.00. The van der Waals surface area contributed by atoms with Gasteiger partial charge in [-0.05, 0) is 35.8 Å². The minimum absolute atomic E-state index is 0.0454. The number of benzene rings is 1. The summed E-state index contributed by atoms with van der Waals surface area (Å²) in [4.78, 5) is 23.6. The first-order valence-corrected chi connectivity index (χ1v) is 6.45. The third kappa shape index (κ3) is 3.66. The lowest BCUT2D eigenvalue weighted by Gasteiger charge is -2.20. The lowest BCUT2D eigenvalue weighted by Crippen LogP contribution is -2.36. The van der Waals surface area contributed by atoms with Crippen molar-refractivity contribution in [3.05, 3.63) is 32.3 Å². The van der Waals surface area contributed by atoms with Gasteiger partial charge in [-0.1, -0.05) is 0 Å². The molecule has 0 radical (unpaired) electrons. The van der Waals surface area contributed by atoms with Gasteiger partial charge in [0, 0.05) is 35.9 Å². The molecular formula is C12H16BrN3O3. The number of hydrogen-bond donors (Lipinski definition) is 1. The lowest BCUT2D eigenvalue weighted by atomic mass is 10.1. The van der Waals surface area contributed by atoms with Crippen LogP contribution in [0.25, 0.3) is 0 Å². The van der Waals surface area contributed by atoms with E-state index in [1.165, 1.54) is 11.0 Å². The summed E-state index contributed by atoms with van der Waals surface area (Å²) in [6.45, 7) is 3.40. The highest BCUT2D eigenvalue weighted by Gasteiger charge is 2.18. The average molecular weight is 330 g/mol. The largest absolute Gasteiger partial charge is 0.373 e. The van der Waals surface area contributed by atoms with E-state index in [4.69, 9.17) is 0 Å². The molecule has 1 aromatic carbocycles. The van der Waals surface area contributed by atoms with E-state index >= 15 is 0 Å². The fraction of sp³-hybridized carbons (Fsp3) is 0.417. The Bertz CT molecular complexity index is 517. The van der Waals surface area contributed by atoms with Crippen LogP contribution >= 0.6 is 15.9 Å². The minimum atomic E-state index is -0.432. The standard InChI is InChI=1S/C12H16BrN3O3/c1-7-5-10(9(13)6-11(7)16(18)19)14-8(2)12(17)15(3)4/h5-6,8,14H,1-4H3. The zero-order chi connectivity index (χ0) is 14.7. The van der Waals surface area contributed by atoms with Crippen molar-refractivity contribution < 1.29 is 9.72 Å². The van der Waals surface area contributed by atoms with E-state index in [-0.39, 0.29) is 11.6 Å². The van der Waals surface area contributed by atoms with Crippen molar-refractivity contribution in [3.8, 4) is 0 Å². The van der Waals surface area contributed by atoms with Gasteiger partial charge in [-0.3, -0.25) is 14.9 Å². The van der Waals surface area contributed by atoms with Crippen molar-refractivity contribution in [1.82, 2.24) is 4.90 Å². The number of halogens is 1. The molecule has 1 rings (SSSR count). The Morgan fingerprint density at radius 3 is 2.53 bits per heavy atom. The van der Waals surface area contributed by atoms with Gasteiger partial charge in [0.25, 0.3) is 5.69 Å². The third-order valence-corrected chi connectivity index (χ3v) is 3.32. The number of aryl methyl sites for hydroxylation is 1. The van der Waals surface area contributed by atoms with Gasteiger partial charge in [-0.2, -0.15) is 0 Å². The van der Waals surface area contributed by atoms with Crippen LogP contribution in [0.2, 0.25) is 0 Å². The van der Waals surface area contributed by atoms with Crippen LogP contribution in [0.1, 0.15) is 12.5 Å². The quantitative estimate of drug-likeness (QED) is 0.680. The normalized spacial score (nSPS) is 11.8. The molecule has 0 spiro atoms. The van der Waals surface area contributed by atoms with Crippen LogP contribution in [-0.2, 0) is 4.79 Å². The van der Waals surface area contributed by atoms with Crippen molar-refractivity contribution in [2.75, 3.05) is 19.4 Å². The van der Waals surface area contributed by atoms with Crippen LogP contribution in [0.3, 0.4) is 0 Å². The number of anilines is 1. The molecule has 0 saturated carbocycles. The molecular weight excluding hydrogens is 314 g/mol. The highest BCUT2D eigenvalue weighted by atomic mass is 79.9. The number of amides is 1. The molecule has 1 atom stereocenters. The topological polar surface area (TPSA) is 75.5 Å². The first kappa shape index (κ1) is 15.4. The zero-order valence-electron chi connectivity index (χ0n) is 11.2. The average Bonchev–Trinajstić information content (AvgIpc) is 2.31. The van der Waals surface area contributed by atoms with Crippen LogP contribution in [0, 0.1) is 17.0 Å². The number of nitrogens with one attached hydrogen (secondary N) is 1. The summed E-state index contributed by atoms with van der Waals surface area (Å²) < 4.78 is 0.559. The summed E-state index contributed by atoms with van der Waals surface area (Å²) in [5, 5.41) is 13.8. The monoisotopic (exact) mass is 329 g/mol. The summed E-state index contributed by atoms with van der Waals surface area (Å²) in [5.74, 6) is -0.0668. The van der Waals surface area contributed by atoms with E-state index in [2.05, 4.69) is 21.2 Å². The molecule has 0 aliphatic heterocycles. The number of nitro groups is 1. The molecule has 6 nitrogen and oxygen atoms in total. The van der Waals surface area contributed by atoms with Crippen LogP contribution < -0.4 is 5.32 Å². The molecule has 1 aromatic rings. The van der Waals surface area contributed by atoms with Crippen LogP contribution in [0.4, 0.5) is 11.4 Å². The van der Waals surface area contributed by atoms with Crippen molar-refractivity contribution in [1.29, 1.82) is 0 Å². The number of carbonyl (C=O) groups excluding carboxylic acids is 1. The highest BCUT2D eigenvalue weighted by Crippen LogP contribution is 2.31. The van der Waals surface area contributed by atoms with Crippen molar-refractivity contribution >= 4 is 33.2 Å². The first-order valence-electron chi connectivity index (χ1n) is 5.66. The van der Waals surface area contributed by atoms with Gasteiger partial charge in [0.2, 0.25) is 5.91 Å². The minimum Gasteiger partial charge on any atom is -0.373 e. The van der Waals surface area contributed by atoms with Crippen molar-refractivity contribution in [3.63, 3.8) is 0 Å². The highest BCUT2D eigenvalue weighted by molar-refractivity contribution is 9.10. The predicted octanol–water partition coefficient (Wildman–Crippen LogP) is 2.55. The SMILES string of the molecule is Cc1cc(NC(C)C(=O)N(C)C)c(Br)cc1[N+](=O)[O-]. The van der Waals surface area contributed by atoms with Crippen molar-refractivity contribution in [2.45, 2.75) is 19.9 Å². The van der Waals surface area contributed by atoms with Gasteiger partial charge in [0.05, 0.1) is 4.92 Å². The molecule has 0 bridgehead atoms. The van der Waals surface area contributed by atoms with E-state index < -0.39 is 11.0 Å². The van der Waals surface area contributed by atoms with E-state index in [0.717, 1.165) is 0 Å². The van der Waals surface area contributed by atoms with E-state index in [1.54, 1.807) is 34.0 Å². The Hall–Kier alpha value is -1.63. The fourth-order valence-corrected chi connectivity index (χ4v) is 2.11. The van der Waals surface area contributed by atoms with Gasteiger partial charge in [0.15, 0.2) is 0 Å². The maximum atomic E-state index is 11.8. The summed E-state index contributed by atoms with van der Waals surface area (Å²) >= 11 is 3.27. The number of rotatable bonds is 4. The number of hydrogen-bond acceptors (Lipinski definition) is 4. The molecule has 0 fully saturated rings. The molecule has 7 heteroatoms. The van der Waals surface area contributed by atoms with E-state index in [0.29, 0.717) is 15.7 Å². The number of nitrogens with zero attached hydrogens (tertiary/aromatic N) is 2. The zero-order valence-corrected chi connectivity index (χ0v) is 12.8. The van der Waals surface area contributed by atoms with Gasteiger partial charge in [-0.25, -0.2) is 0 Å². The molecule has 104 valence electrons. The summed E-state index contributed by atoms with van der Waals surface area (Å²) in [5.41, 5.74) is 1.25. The Morgan fingerprint density at radius 1 is 1.47 bits per heavy atom. The van der Waals surface area contributed by atoms with E-state index in [9.17, 15) is 14.9 Å². The molecule has 0 aliphatic carbocycles. The smallest absolute Gasteiger partial charge is 0.273 e. The lowest BCUT2D eigenvalue weighted by molar-refractivity contribution is -0.385. The van der Waals surface area contributed by atoms with E-state index in [1.807, 2.05) is 0 Å². The number of likely N-dealkylation sites (N-methyl/N-ethyl adjacent to an activating group) is 1. The summed E-state index contributed by atoms with van der Waals surface area (Å²) in [6.07, 6.45) is 0. The Morgan fingerprint density at radius 2 is 2.05 bits per heavy atom. The maximum absolute atomic E-state index is 11.8. The molecule has 0 aliphatic rings. The van der Waals surface area contributed by atoms with Crippen LogP contribution in [0.5, 0.6) is 0 Å². The second kappa shape index (κ2) is 6.01. The second-order valence-electron chi connectivity index (χ2n) is 4.47. The Labute approximate surface area is 120 Å². The Kier molecular flexibility index (Phi) is 4.88. The maximum Gasteiger partial charge on any atom is 0.273 e. The third-order valence-electron chi connectivity index (χ3n) is 2.67. The van der Waals surface area contributed by atoms with Gasteiger partial charge in [-0.15, -0.1) is 0 Å². The number of carbonyl (C=O) groups is 1. The second-order valence-corrected chi connectivity index (χ2v) is 5.33. The molecule has 0 heterocycles.